The van der Waals surface area contributed by atoms with E-state index in [1.165, 1.54) is 16.1 Å². The summed E-state index contributed by atoms with van der Waals surface area (Å²) in [5, 5.41) is 10.3. The van der Waals surface area contributed by atoms with Gasteiger partial charge in [-0.3, -0.25) is 15.0 Å². The summed E-state index contributed by atoms with van der Waals surface area (Å²) < 4.78 is 33.3. The molecule has 1 aliphatic rings. The lowest BCUT2D eigenvalue weighted by Gasteiger charge is -2.33. The Bertz CT molecular complexity index is 931. The second-order valence-corrected chi connectivity index (χ2v) is 9.42. The number of aromatic nitrogens is 1. The number of hydrogen-bond acceptors (Lipinski definition) is 6. The number of benzene rings is 1. The zero-order chi connectivity index (χ0) is 21.6. The van der Waals surface area contributed by atoms with E-state index in [9.17, 15) is 18.4 Å². The molecule has 1 atom stereocenters. The van der Waals surface area contributed by atoms with Crippen LogP contribution in [0.1, 0.15) is 35.6 Å². The number of nitrogens with zero attached hydrogens (tertiary/aromatic N) is 3. The molecule has 0 aliphatic carbocycles. The third-order valence-corrected chi connectivity index (χ3v) is 7.28. The van der Waals surface area contributed by atoms with E-state index in [0.717, 1.165) is 5.56 Å². The van der Waals surface area contributed by atoms with Crippen LogP contribution in [-0.2, 0) is 26.2 Å². The topological polar surface area (TPSA) is 100 Å². The average Bonchev–Trinajstić information content (AvgIpc) is 2.77. The quantitative estimate of drug-likeness (QED) is 0.370. The fraction of sp³-hybridized carbons (Fsp3) is 0.429. The number of carbonyl (C=O) groups is 1. The van der Waals surface area contributed by atoms with Crippen LogP contribution in [0.4, 0.5) is 0 Å². The lowest BCUT2D eigenvalue weighted by atomic mass is 10.1. The van der Waals surface area contributed by atoms with Gasteiger partial charge in [0.1, 0.15) is 6.04 Å². The zero-order valence-corrected chi connectivity index (χ0v) is 17.7. The zero-order valence-electron chi connectivity index (χ0n) is 16.9. The van der Waals surface area contributed by atoms with Crippen LogP contribution in [0.3, 0.4) is 0 Å². The van der Waals surface area contributed by atoms with E-state index in [0.29, 0.717) is 43.2 Å². The number of carbonyl (C=O) groups excluding carboxylic acids is 1. The fourth-order valence-corrected chi connectivity index (χ4v) is 5.26. The van der Waals surface area contributed by atoms with Gasteiger partial charge in [-0.25, -0.2) is 17.8 Å². The maximum absolute atomic E-state index is 12.9. The molecule has 162 valence electrons. The van der Waals surface area contributed by atoms with E-state index < -0.39 is 21.8 Å². The average molecular weight is 434 g/mol. The van der Waals surface area contributed by atoms with Crippen molar-refractivity contribution in [3.05, 3.63) is 65.5 Å². The Labute approximate surface area is 177 Å². The Balaban J connectivity index is 1.58. The minimum Gasteiger partial charge on any atom is -0.373 e. The SMILES string of the molecule is Cc1ccccc1COC1CCN(S(=O)(=O)C[C@@H](c2cccnc2)N(O)C=O)CC1. The second-order valence-electron chi connectivity index (χ2n) is 7.40. The molecule has 9 heteroatoms. The number of amides is 1. The first-order chi connectivity index (χ1) is 14.4. The molecule has 2 aromatic rings. The van der Waals surface area contributed by atoms with Gasteiger partial charge in [0.15, 0.2) is 0 Å². The lowest BCUT2D eigenvalue weighted by Crippen LogP contribution is -2.44. The number of hydrogen-bond donors (Lipinski definition) is 1. The molecule has 1 aromatic heterocycles. The first-order valence-corrected chi connectivity index (χ1v) is 11.5. The van der Waals surface area contributed by atoms with E-state index >= 15 is 0 Å². The molecule has 0 radical (unpaired) electrons. The minimum atomic E-state index is -3.69. The first kappa shape index (κ1) is 22.4. The Kier molecular flexibility index (Phi) is 7.54. The molecule has 1 aromatic carbocycles. The summed E-state index contributed by atoms with van der Waals surface area (Å²) in [5.74, 6) is -0.414. The summed E-state index contributed by atoms with van der Waals surface area (Å²) in [7, 11) is -3.69. The molecular weight excluding hydrogens is 406 g/mol. The van der Waals surface area contributed by atoms with E-state index in [2.05, 4.69) is 4.98 Å². The van der Waals surface area contributed by atoms with Crippen molar-refractivity contribution in [2.24, 2.45) is 0 Å². The molecule has 1 saturated heterocycles. The van der Waals surface area contributed by atoms with Crippen LogP contribution < -0.4 is 0 Å². The van der Waals surface area contributed by atoms with Gasteiger partial charge in [-0.1, -0.05) is 30.3 Å². The maximum Gasteiger partial charge on any atom is 0.233 e. The Hall–Kier alpha value is -2.33. The molecule has 1 N–H and O–H groups in total. The Morgan fingerprint density at radius 3 is 2.63 bits per heavy atom. The summed E-state index contributed by atoms with van der Waals surface area (Å²) in [6.07, 6.45) is 4.38. The van der Waals surface area contributed by atoms with Gasteiger partial charge in [0.25, 0.3) is 0 Å². The first-order valence-electron chi connectivity index (χ1n) is 9.87. The van der Waals surface area contributed by atoms with Crippen LogP contribution in [0.2, 0.25) is 0 Å². The molecule has 0 bridgehead atoms. The van der Waals surface area contributed by atoms with Gasteiger partial charge in [0, 0.05) is 25.5 Å². The molecule has 1 aliphatic heterocycles. The number of piperidine rings is 1. The van der Waals surface area contributed by atoms with Gasteiger partial charge >= 0.3 is 0 Å². The number of aryl methyl sites for hydroxylation is 1. The van der Waals surface area contributed by atoms with E-state index in [4.69, 9.17) is 4.74 Å². The highest BCUT2D eigenvalue weighted by Crippen LogP contribution is 2.24. The maximum atomic E-state index is 12.9. The normalized spacial score (nSPS) is 16.9. The van der Waals surface area contributed by atoms with Gasteiger partial charge in [-0.2, -0.15) is 0 Å². The highest BCUT2D eigenvalue weighted by atomic mass is 32.2. The molecule has 3 rings (SSSR count). The summed E-state index contributed by atoms with van der Waals surface area (Å²) in [4.78, 5) is 15.0. The lowest BCUT2D eigenvalue weighted by molar-refractivity contribution is -0.159. The Morgan fingerprint density at radius 1 is 1.27 bits per heavy atom. The largest absolute Gasteiger partial charge is 0.373 e. The van der Waals surface area contributed by atoms with Crippen molar-refractivity contribution < 1.29 is 23.2 Å². The van der Waals surface area contributed by atoms with Crippen molar-refractivity contribution in [2.45, 2.75) is 38.5 Å². The molecule has 1 fully saturated rings. The highest BCUT2D eigenvalue weighted by Gasteiger charge is 2.33. The molecule has 30 heavy (non-hydrogen) atoms. The molecule has 1 amide bonds. The Morgan fingerprint density at radius 2 is 2.00 bits per heavy atom. The van der Waals surface area contributed by atoms with Crippen LogP contribution in [0.5, 0.6) is 0 Å². The molecular formula is C21H27N3O5S. The van der Waals surface area contributed by atoms with Crippen LogP contribution in [0.25, 0.3) is 0 Å². The van der Waals surface area contributed by atoms with Gasteiger partial charge in [-0.05, 0) is 42.5 Å². The highest BCUT2D eigenvalue weighted by molar-refractivity contribution is 7.89. The number of ether oxygens (including phenoxy) is 1. The molecule has 0 saturated carbocycles. The van der Waals surface area contributed by atoms with Crippen molar-refractivity contribution in [1.29, 1.82) is 0 Å². The van der Waals surface area contributed by atoms with Crippen molar-refractivity contribution in [2.75, 3.05) is 18.8 Å². The van der Waals surface area contributed by atoms with Crippen molar-refractivity contribution in [3.63, 3.8) is 0 Å². The predicted molar refractivity (Wildman–Crippen MR) is 111 cm³/mol. The number of pyridine rings is 1. The van der Waals surface area contributed by atoms with Gasteiger partial charge in [-0.15, -0.1) is 0 Å². The van der Waals surface area contributed by atoms with Crippen LogP contribution in [-0.4, -0.2) is 59.3 Å². The molecule has 8 nitrogen and oxygen atoms in total. The van der Waals surface area contributed by atoms with E-state index in [1.807, 2.05) is 31.2 Å². The summed E-state index contributed by atoms with van der Waals surface area (Å²) in [6.45, 7) is 3.22. The van der Waals surface area contributed by atoms with Crippen molar-refractivity contribution in [3.8, 4) is 0 Å². The van der Waals surface area contributed by atoms with Gasteiger partial charge in [0.05, 0.1) is 18.5 Å². The minimum absolute atomic E-state index is 0.00510. The van der Waals surface area contributed by atoms with Gasteiger partial charge < -0.3 is 4.74 Å². The van der Waals surface area contributed by atoms with E-state index in [-0.39, 0.29) is 12.5 Å². The summed E-state index contributed by atoms with van der Waals surface area (Å²) in [6, 6.07) is 10.3. The van der Waals surface area contributed by atoms with E-state index in [1.54, 1.807) is 18.3 Å². The van der Waals surface area contributed by atoms with Crippen LogP contribution in [0, 0.1) is 6.92 Å². The predicted octanol–water partition coefficient (Wildman–Crippen LogP) is 2.29. The third-order valence-electron chi connectivity index (χ3n) is 5.40. The standard InChI is InChI=1S/C21H27N3O5S/c1-17-5-2-3-6-19(17)14-29-20-8-11-23(12-9-20)30(27,28)15-21(24(26)16-25)18-7-4-10-22-13-18/h2-7,10,13,16,20-21,26H,8-9,11-12,14-15H2,1H3/t21-/m0/s1. The third kappa shape index (κ3) is 5.63. The van der Waals surface area contributed by atoms with Crippen molar-refractivity contribution in [1.82, 2.24) is 14.4 Å². The smallest absolute Gasteiger partial charge is 0.233 e. The van der Waals surface area contributed by atoms with Gasteiger partial charge in [0.2, 0.25) is 16.4 Å². The fourth-order valence-electron chi connectivity index (χ4n) is 3.53. The summed E-state index contributed by atoms with van der Waals surface area (Å²) >= 11 is 0. The number of rotatable bonds is 9. The molecule has 0 spiro atoms. The van der Waals surface area contributed by atoms with Crippen molar-refractivity contribution >= 4 is 16.4 Å². The second kappa shape index (κ2) is 10.1. The molecule has 0 unspecified atom stereocenters. The monoisotopic (exact) mass is 433 g/mol. The number of sulfonamides is 1. The summed E-state index contributed by atoms with van der Waals surface area (Å²) in [5.41, 5.74) is 2.75. The molecule has 2 heterocycles. The number of hydroxylamine groups is 2. The van der Waals surface area contributed by atoms with Crippen LogP contribution in [0.15, 0.2) is 48.8 Å². The van der Waals surface area contributed by atoms with Crippen LogP contribution >= 0.6 is 0 Å².